The lowest BCUT2D eigenvalue weighted by molar-refractivity contribution is -0.122. The number of ether oxygens (including phenoxy) is 1. The summed E-state index contributed by atoms with van der Waals surface area (Å²) in [4.78, 5) is 22.5. The SMILES string of the molecule is CCN(CC)CC(=O)NCCOc1cc2ncnc(Nc3ccc(Br)cc3F)c2cc1N. The van der Waals surface area contributed by atoms with Crippen molar-refractivity contribution in [2.45, 2.75) is 13.8 Å². The zero-order valence-corrected chi connectivity index (χ0v) is 19.6. The molecule has 0 spiro atoms. The molecule has 0 fully saturated rings. The quantitative estimate of drug-likeness (QED) is 0.285. The molecule has 170 valence electrons. The van der Waals surface area contributed by atoms with E-state index in [1.807, 2.05) is 18.7 Å². The highest BCUT2D eigenvalue weighted by atomic mass is 79.9. The van der Waals surface area contributed by atoms with Crippen LogP contribution in [0.5, 0.6) is 5.75 Å². The summed E-state index contributed by atoms with van der Waals surface area (Å²) in [6.07, 6.45) is 1.38. The maximum Gasteiger partial charge on any atom is 0.234 e. The van der Waals surface area contributed by atoms with Crippen molar-refractivity contribution in [3.8, 4) is 5.75 Å². The van der Waals surface area contributed by atoms with Gasteiger partial charge in [-0.3, -0.25) is 9.69 Å². The molecule has 3 aromatic rings. The van der Waals surface area contributed by atoms with Crippen LogP contribution in [0.3, 0.4) is 0 Å². The third-order valence-electron chi connectivity index (χ3n) is 4.89. The van der Waals surface area contributed by atoms with Gasteiger partial charge in [-0.1, -0.05) is 29.8 Å². The van der Waals surface area contributed by atoms with Gasteiger partial charge < -0.3 is 21.1 Å². The smallest absolute Gasteiger partial charge is 0.234 e. The summed E-state index contributed by atoms with van der Waals surface area (Å²) in [7, 11) is 0. The number of fused-ring (bicyclic) bond motifs is 1. The molecule has 0 bridgehead atoms. The second-order valence-corrected chi connectivity index (χ2v) is 7.95. The van der Waals surface area contributed by atoms with Gasteiger partial charge in [-0.15, -0.1) is 0 Å². The van der Waals surface area contributed by atoms with Crippen LogP contribution in [0.1, 0.15) is 13.8 Å². The Balaban J connectivity index is 1.66. The number of carbonyl (C=O) groups is 1. The number of likely N-dealkylation sites (N-methyl/N-ethyl adjacent to an activating group) is 1. The molecule has 0 atom stereocenters. The lowest BCUT2D eigenvalue weighted by Gasteiger charge is -2.17. The molecule has 1 aromatic heterocycles. The van der Waals surface area contributed by atoms with E-state index < -0.39 is 5.82 Å². The fourth-order valence-corrected chi connectivity index (χ4v) is 3.43. The third kappa shape index (κ3) is 6.04. The van der Waals surface area contributed by atoms with Crippen LogP contribution < -0.4 is 21.1 Å². The highest BCUT2D eigenvalue weighted by Crippen LogP contribution is 2.32. The van der Waals surface area contributed by atoms with E-state index in [1.165, 1.54) is 12.4 Å². The number of aromatic nitrogens is 2. The predicted molar refractivity (Wildman–Crippen MR) is 128 cm³/mol. The molecular formula is C22H26BrFN6O2. The first-order valence-corrected chi connectivity index (χ1v) is 11.1. The maximum atomic E-state index is 14.2. The standard InChI is InChI=1S/C22H26BrFN6O2/c1-3-30(4-2)12-21(31)26-7-8-32-20-11-19-15(10-17(20)25)22(28-13-27-19)29-18-6-5-14(23)9-16(18)24/h5-6,9-11,13H,3-4,7-8,12,25H2,1-2H3,(H,26,31)(H,27,28,29). The third-order valence-corrected chi connectivity index (χ3v) is 5.39. The van der Waals surface area contributed by atoms with Crippen LogP contribution in [0.2, 0.25) is 0 Å². The minimum atomic E-state index is -0.415. The maximum absolute atomic E-state index is 14.2. The summed E-state index contributed by atoms with van der Waals surface area (Å²) in [5.41, 5.74) is 7.43. The van der Waals surface area contributed by atoms with E-state index in [0.717, 1.165) is 13.1 Å². The van der Waals surface area contributed by atoms with Gasteiger partial charge in [-0.05, 0) is 37.4 Å². The minimum Gasteiger partial charge on any atom is -0.490 e. The van der Waals surface area contributed by atoms with E-state index in [9.17, 15) is 9.18 Å². The van der Waals surface area contributed by atoms with Crippen molar-refractivity contribution < 1.29 is 13.9 Å². The molecule has 0 aliphatic rings. The number of halogens is 2. The molecule has 0 saturated carbocycles. The molecule has 8 nitrogen and oxygen atoms in total. The first kappa shape index (κ1) is 23.7. The first-order chi connectivity index (χ1) is 15.4. The number of rotatable bonds is 10. The van der Waals surface area contributed by atoms with Gasteiger partial charge >= 0.3 is 0 Å². The molecule has 32 heavy (non-hydrogen) atoms. The first-order valence-electron chi connectivity index (χ1n) is 10.3. The Hall–Kier alpha value is -2.98. The van der Waals surface area contributed by atoms with Crippen LogP contribution in [0, 0.1) is 5.82 Å². The zero-order valence-electron chi connectivity index (χ0n) is 18.0. The highest BCUT2D eigenvalue weighted by Gasteiger charge is 2.12. The van der Waals surface area contributed by atoms with Crippen molar-refractivity contribution in [2.24, 2.45) is 0 Å². The number of hydrogen-bond acceptors (Lipinski definition) is 7. The lowest BCUT2D eigenvalue weighted by Crippen LogP contribution is -2.38. The van der Waals surface area contributed by atoms with E-state index in [0.29, 0.717) is 45.7 Å². The van der Waals surface area contributed by atoms with Gasteiger partial charge in [0.25, 0.3) is 0 Å². The Labute approximate surface area is 194 Å². The number of carbonyl (C=O) groups excluding carboxylic acids is 1. The monoisotopic (exact) mass is 504 g/mol. The van der Waals surface area contributed by atoms with Gasteiger partial charge in [-0.2, -0.15) is 0 Å². The minimum absolute atomic E-state index is 0.0487. The van der Waals surface area contributed by atoms with Crippen LogP contribution in [-0.2, 0) is 4.79 Å². The zero-order chi connectivity index (χ0) is 23.1. The molecule has 1 amide bonds. The van der Waals surface area contributed by atoms with Crippen LogP contribution in [0.25, 0.3) is 10.9 Å². The second kappa shape index (κ2) is 11.1. The Kier molecular flexibility index (Phi) is 8.18. The van der Waals surface area contributed by atoms with Gasteiger partial charge in [0.2, 0.25) is 5.91 Å². The Bertz CT molecular complexity index is 1090. The van der Waals surface area contributed by atoms with Gasteiger partial charge in [-0.25, -0.2) is 14.4 Å². The summed E-state index contributed by atoms with van der Waals surface area (Å²) in [5, 5.41) is 6.45. The van der Waals surface area contributed by atoms with Crippen LogP contribution in [0.4, 0.5) is 21.6 Å². The molecular weight excluding hydrogens is 479 g/mol. The summed E-state index contributed by atoms with van der Waals surface area (Å²) in [5.74, 6) is 0.419. The Morgan fingerprint density at radius 2 is 2.00 bits per heavy atom. The Morgan fingerprint density at radius 1 is 1.22 bits per heavy atom. The van der Waals surface area contributed by atoms with E-state index >= 15 is 0 Å². The number of amides is 1. The average molecular weight is 505 g/mol. The highest BCUT2D eigenvalue weighted by molar-refractivity contribution is 9.10. The fraction of sp³-hybridized carbons (Fsp3) is 0.318. The molecule has 1 heterocycles. The van der Waals surface area contributed by atoms with Crippen molar-refractivity contribution >= 4 is 49.9 Å². The second-order valence-electron chi connectivity index (χ2n) is 7.04. The molecule has 0 unspecified atom stereocenters. The van der Waals surface area contributed by atoms with Gasteiger partial charge in [0, 0.05) is 15.9 Å². The number of nitrogens with zero attached hydrogens (tertiary/aromatic N) is 3. The van der Waals surface area contributed by atoms with Crippen LogP contribution in [0.15, 0.2) is 41.1 Å². The fourth-order valence-electron chi connectivity index (χ4n) is 3.10. The normalized spacial score (nSPS) is 11.0. The van der Waals surface area contributed by atoms with Gasteiger partial charge in [0.15, 0.2) is 0 Å². The summed E-state index contributed by atoms with van der Waals surface area (Å²) >= 11 is 3.24. The molecule has 3 rings (SSSR count). The topological polar surface area (TPSA) is 105 Å². The van der Waals surface area contributed by atoms with Crippen LogP contribution in [-0.4, -0.2) is 53.6 Å². The number of nitrogen functional groups attached to an aromatic ring is 1. The van der Waals surface area contributed by atoms with E-state index in [1.54, 1.807) is 24.3 Å². The molecule has 0 radical (unpaired) electrons. The number of nitrogens with two attached hydrogens (primary N) is 1. The molecule has 10 heteroatoms. The largest absolute Gasteiger partial charge is 0.490 e. The Morgan fingerprint density at radius 3 is 2.72 bits per heavy atom. The molecule has 0 saturated heterocycles. The van der Waals surface area contributed by atoms with E-state index in [-0.39, 0.29) is 18.2 Å². The molecule has 2 aromatic carbocycles. The number of hydrogen-bond donors (Lipinski definition) is 3. The average Bonchev–Trinajstić information content (AvgIpc) is 2.77. The summed E-state index contributed by atoms with van der Waals surface area (Å²) in [6.45, 7) is 6.65. The van der Waals surface area contributed by atoms with Crippen LogP contribution >= 0.6 is 15.9 Å². The van der Waals surface area contributed by atoms with E-state index in [4.69, 9.17) is 10.5 Å². The van der Waals surface area contributed by atoms with Gasteiger partial charge in [0.05, 0.1) is 30.0 Å². The van der Waals surface area contributed by atoms with Crippen molar-refractivity contribution in [3.63, 3.8) is 0 Å². The van der Waals surface area contributed by atoms with E-state index in [2.05, 4.69) is 36.5 Å². The molecule has 4 N–H and O–H groups in total. The van der Waals surface area contributed by atoms with Crippen molar-refractivity contribution in [3.05, 3.63) is 46.9 Å². The van der Waals surface area contributed by atoms with Crippen molar-refractivity contribution in [2.75, 3.05) is 43.8 Å². The number of benzene rings is 2. The van der Waals surface area contributed by atoms with Gasteiger partial charge in [0.1, 0.15) is 30.3 Å². The lowest BCUT2D eigenvalue weighted by atomic mass is 10.2. The number of anilines is 3. The summed E-state index contributed by atoms with van der Waals surface area (Å²) in [6, 6.07) is 8.10. The van der Waals surface area contributed by atoms with Crippen molar-refractivity contribution in [1.29, 1.82) is 0 Å². The predicted octanol–water partition coefficient (Wildman–Crippen LogP) is 3.69. The molecule has 0 aliphatic heterocycles. The number of nitrogens with one attached hydrogen (secondary N) is 2. The summed E-state index contributed by atoms with van der Waals surface area (Å²) < 4.78 is 20.6. The van der Waals surface area contributed by atoms with Crippen molar-refractivity contribution in [1.82, 2.24) is 20.2 Å². The molecule has 0 aliphatic carbocycles.